The van der Waals surface area contributed by atoms with Crippen molar-refractivity contribution in [2.75, 3.05) is 20.2 Å². The van der Waals surface area contributed by atoms with E-state index in [2.05, 4.69) is 38.7 Å². The van der Waals surface area contributed by atoms with Gasteiger partial charge in [-0.3, -0.25) is 0 Å². The van der Waals surface area contributed by atoms with Crippen molar-refractivity contribution in [3.63, 3.8) is 0 Å². The normalized spacial score (nSPS) is 19.8. The van der Waals surface area contributed by atoms with Gasteiger partial charge in [-0.1, -0.05) is 12.5 Å². The summed E-state index contributed by atoms with van der Waals surface area (Å²) in [5, 5.41) is 7.06. The molecular formula is C14H21BrN2O. The largest absolute Gasteiger partial charge is 0.496 e. The molecule has 1 aromatic carbocycles. The lowest BCUT2D eigenvalue weighted by atomic mass is 10.1. The maximum atomic E-state index is 5.22. The van der Waals surface area contributed by atoms with Crippen LogP contribution in [0, 0.1) is 0 Å². The zero-order chi connectivity index (χ0) is 12.8. The van der Waals surface area contributed by atoms with Gasteiger partial charge in [-0.2, -0.15) is 0 Å². The first-order chi connectivity index (χ1) is 8.79. The molecule has 0 radical (unpaired) electrons. The molecule has 18 heavy (non-hydrogen) atoms. The Hall–Kier alpha value is -0.580. The molecule has 0 bridgehead atoms. The SMILES string of the molecule is COc1ccc(CNCC2CCCCN2)cc1Br. The summed E-state index contributed by atoms with van der Waals surface area (Å²) in [4.78, 5) is 0. The number of hydrogen-bond donors (Lipinski definition) is 2. The van der Waals surface area contributed by atoms with E-state index in [0.717, 1.165) is 23.3 Å². The summed E-state index contributed by atoms with van der Waals surface area (Å²) in [7, 11) is 1.69. The Labute approximate surface area is 117 Å². The first-order valence-corrected chi connectivity index (χ1v) is 7.35. The first-order valence-electron chi connectivity index (χ1n) is 6.56. The van der Waals surface area contributed by atoms with Gasteiger partial charge in [0.05, 0.1) is 11.6 Å². The van der Waals surface area contributed by atoms with Crippen LogP contribution >= 0.6 is 15.9 Å². The fourth-order valence-electron chi connectivity index (χ4n) is 2.31. The summed E-state index contributed by atoms with van der Waals surface area (Å²) in [5.41, 5.74) is 1.28. The molecule has 1 fully saturated rings. The minimum absolute atomic E-state index is 0.639. The van der Waals surface area contributed by atoms with Crippen molar-refractivity contribution >= 4 is 15.9 Å². The minimum atomic E-state index is 0.639. The summed E-state index contributed by atoms with van der Waals surface area (Å²) < 4.78 is 6.24. The molecule has 1 atom stereocenters. The van der Waals surface area contributed by atoms with Crippen molar-refractivity contribution in [1.29, 1.82) is 0 Å². The molecule has 0 aliphatic carbocycles. The third-order valence-corrected chi connectivity index (χ3v) is 3.97. The van der Waals surface area contributed by atoms with E-state index >= 15 is 0 Å². The van der Waals surface area contributed by atoms with Crippen LogP contribution in [-0.2, 0) is 6.54 Å². The van der Waals surface area contributed by atoms with Crippen LogP contribution in [0.15, 0.2) is 22.7 Å². The first kappa shape index (κ1) is 13.8. The lowest BCUT2D eigenvalue weighted by molar-refractivity contribution is 0.383. The Balaban J connectivity index is 1.77. The van der Waals surface area contributed by atoms with E-state index in [-0.39, 0.29) is 0 Å². The Morgan fingerprint density at radius 2 is 2.33 bits per heavy atom. The van der Waals surface area contributed by atoms with Gasteiger partial charge in [0.25, 0.3) is 0 Å². The average molecular weight is 313 g/mol. The molecule has 4 heteroatoms. The van der Waals surface area contributed by atoms with Crippen LogP contribution < -0.4 is 15.4 Å². The molecule has 0 aromatic heterocycles. The fraction of sp³-hybridized carbons (Fsp3) is 0.571. The van der Waals surface area contributed by atoms with E-state index < -0.39 is 0 Å². The predicted molar refractivity (Wildman–Crippen MR) is 78.0 cm³/mol. The Kier molecular flexibility index (Phi) is 5.47. The molecule has 1 saturated heterocycles. The predicted octanol–water partition coefficient (Wildman–Crippen LogP) is 2.69. The summed E-state index contributed by atoms with van der Waals surface area (Å²) in [6.07, 6.45) is 3.97. The molecule has 0 saturated carbocycles. The Morgan fingerprint density at radius 1 is 1.44 bits per heavy atom. The number of ether oxygens (including phenoxy) is 1. The molecular weight excluding hydrogens is 292 g/mol. The highest BCUT2D eigenvalue weighted by molar-refractivity contribution is 9.10. The molecule has 1 heterocycles. The average Bonchev–Trinajstić information content (AvgIpc) is 2.40. The summed E-state index contributed by atoms with van der Waals surface area (Å²) >= 11 is 3.51. The zero-order valence-electron chi connectivity index (χ0n) is 10.8. The monoisotopic (exact) mass is 312 g/mol. The maximum Gasteiger partial charge on any atom is 0.133 e. The van der Waals surface area contributed by atoms with E-state index in [1.54, 1.807) is 7.11 Å². The van der Waals surface area contributed by atoms with E-state index in [1.807, 2.05) is 6.07 Å². The highest BCUT2D eigenvalue weighted by Gasteiger charge is 2.11. The van der Waals surface area contributed by atoms with Gasteiger partial charge in [0.15, 0.2) is 0 Å². The molecule has 0 spiro atoms. The highest BCUT2D eigenvalue weighted by atomic mass is 79.9. The van der Waals surface area contributed by atoms with Gasteiger partial charge in [-0.05, 0) is 53.0 Å². The zero-order valence-corrected chi connectivity index (χ0v) is 12.4. The van der Waals surface area contributed by atoms with Crippen molar-refractivity contribution in [2.24, 2.45) is 0 Å². The van der Waals surface area contributed by atoms with E-state index in [1.165, 1.54) is 31.4 Å². The number of benzene rings is 1. The van der Waals surface area contributed by atoms with Crippen molar-refractivity contribution < 1.29 is 4.74 Å². The third-order valence-electron chi connectivity index (χ3n) is 3.35. The second-order valence-electron chi connectivity index (χ2n) is 4.75. The number of rotatable bonds is 5. The maximum absolute atomic E-state index is 5.22. The Morgan fingerprint density at radius 3 is 3.00 bits per heavy atom. The summed E-state index contributed by atoms with van der Waals surface area (Å²) in [5.74, 6) is 0.882. The van der Waals surface area contributed by atoms with Crippen molar-refractivity contribution in [3.8, 4) is 5.75 Å². The standard InChI is InChI=1S/C14H21BrN2O/c1-18-14-6-5-11(8-13(14)15)9-16-10-12-4-2-3-7-17-12/h5-6,8,12,16-17H,2-4,7,9-10H2,1H3. The molecule has 100 valence electrons. The van der Waals surface area contributed by atoms with Gasteiger partial charge < -0.3 is 15.4 Å². The van der Waals surface area contributed by atoms with Gasteiger partial charge in [0, 0.05) is 19.1 Å². The number of nitrogens with one attached hydrogen (secondary N) is 2. The van der Waals surface area contributed by atoms with Crippen LogP contribution in [0.1, 0.15) is 24.8 Å². The van der Waals surface area contributed by atoms with Crippen LogP contribution in [0.25, 0.3) is 0 Å². The number of piperidine rings is 1. The van der Waals surface area contributed by atoms with Gasteiger partial charge in [0.1, 0.15) is 5.75 Å². The third kappa shape index (κ3) is 3.97. The fourth-order valence-corrected chi connectivity index (χ4v) is 2.90. The molecule has 2 rings (SSSR count). The van der Waals surface area contributed by atoms with Crippen LogP contribution in [0.3, 0.4) is 0 Å². The van der Waals surface area contributed by atoms with Crippen LogP contribution in [0.4, 0.5) is 0 Å². The van der Waals surface area contributed by atoms with Crippen molar-refractivity contribution in [1.82, 2.24) is 10.6 Å². The minimum Gasteiger partial charge on any atom is -0.496 e. The molecule has 1 aliphatic heterocycles. The second kappa shape index (κ2) is 7.12. The molecule has 0 amide bonds. The molecule has 1 aliphatic rings. The highest BCUT2D eigenvalue weighted by Crippen LogP contribution is 2.25. The summed E-state index contributed by atoms with van der Waals surface area (Å²) in [6, 6.07) is 6.85. The van der Waals surface area contributed by atoms with E-state index in [0.29, 0.717) is 6.04 Å². The van der Waals surface area contributed by atoms with Crippen molar-refractivity contribution in [3.05, 3.63) is 28.2 Å². The number of halogens is 1. The van der Waals surface area contributed by atoms with E-state index in [9.17, 15) is 0 Å². The van der Waals surface area contributed by atoms with E-state index in [4.69, 9.17) is 4.74 Å². The summed E-state index contributed by atoms with van der Waals surface area (Å²) in [6.45, 7) is 3.12. The van der Waals surface area contributed by atoms with Crippen LogP contribution in [-0.4, -0.2) is 26.2 Å². The lowest BCUT2D eigenvalue weighted by Crippen LogP contribution is -2.41. The van der Waals surface area contributed by atoms with Gasteiger partial charge >= 0.3 is 0 Å². The quantitative estimate of drug-likeness (QED) is 0.877. The molecule has 2 N–H and O–H groups in total. The van der Waals surface area contributed by atoms with Gasteiger partial charge in [0.2, 0.25) is 0 Å². The number of methoxy groups -OCH3 is 1. The lowest BCUT2D eigenvalue weighted by Gasteiger charge is -2.23. The van der Waals surface area contributed by atoms with Crippen LogP contribution in [0.5, 0.6) is 5.75 Å². The van der Waals surface area contributed by atoms with Gasteiger partial charge in [-0.15, -0.1) is 0 Å². The Bertz CT molecular complexity index is 378. The van der Waals surface area contributed by atoms with Crippen molar-refractivity contribution in [2.45, 2.75) is 31.8 Å². The molecule has 3 nitrogen and oxygen atoms in total. The number of hydrogen-bond acceptors (Lipinski definition) is 3. The second-order valence-corrected chi connectivity index (χ2v) is 5.60. The van der Waals surface area contributed by atoms with Gasteiger partial charge in [-0.25, -0.2) is 0 Å². The molecule has 1 unspecified atom stereocenters. The smallest absolute Gasteiger partial charge is 0.133 e. The topological polar surface area (TPSA) is 33.3 Å². The van der Waals surface area contributed by atoms with Crippen LogP contribution in [0.2, 0.25) is 0 Å². The molecule has 1 aromatic rings.